The maximum Gasteiger partial charge on any atom is 0.126 e. The van der Waals surface area contributed by atoms with Crippen LogP contribution >= 0.6 is 0 Å². The molecule has 3 heteroatoms. The number of methoxy groups -OCH3 is 1. The van der Waals surface area contributed by atoms with E-state index in [0.717, 1.165) is 16.9 Å². The molecule has 0 bridgehead atoms. The summed E-state index contributed by atoms with van der Waals surface area (Å²) in [7, 11) is 5.96. The first-order valence-corrected chi connectivity index (χ1v) is 8.04. The molecule has 120 valence electrons. The number of hydrogen-bond acceptors (Lipinski definition) is 3. The molecule has 0 spiro atoms. The third-order valence-electron chi connectivity index (χ3n) is 4.72. The van der Waals surface area contributed by atoms with Crippen molar-refractivity contribution in [3.63, 3.8) is 0 Å². The van der Waals surface area contributed by atoms with Gasteiger partial charge in [-0.3, -0.25) is 0 Å². The molecule has 1 aliphatic heterocycles. The topological polar surface area (TPSA) is 15.7 Å². The first-order valence-electron chi connectivity index (χ1n) is 8.04. The summed E-state index contributed by atoms with van der Waals surface area (Å²) in [5.74, 6) is 0.893. The first kappa shape index (κ1) is 14.6. The van der Waals surface area contributed by atoms with Crippen LogP contribution in [0.4, 0.5) is 22.7 Å². The minimum absolute atomic E-state index is 0.893. The van der Waals surface area contributed by atoms with E-state index in [2.05, 4.69) is 72.4 Å². The Kier molecular flexibility index (Phi) is 3.42. The van der Waals surface area contributed by atoms with E-state index >= 15 is 0 Å². The molecule has 0 saturated carbocycles. The Morgan fingerprint density at radius 1 is 0.667 bits per heavy atom. The molecule has 4 rings (SSSR count). The number of hydrogen-bond donors (Lipinski definition) is 0. The van der Waals surface area contributed by atoms with Crippen molar-refractivity contribution in [1.82, 2.24) is 0 Å². The molecule has 0 fully saturated rings. The molecule has 3 aromatic carbocycles. The molecule has 0 aromatic heterocycles. The lowest BCUT2D eigenvalue weighted by Gasteiger charge is -2.36. The fourth-order valence-electron chi connectivity index (χ4n) is 3.42. The molecular weight excluding hydrogens is 296 g/mol. The summed E-state index contributed by atoms with van der Waals surface area (Å²) in [5, 5.41) is 0. The molecule has 0 amide bonds. The lowest BCUT2D eigenvalue weighted by atomic mass is 10.0. The van der Waals surface area contributed by atoms with Crippen molar-refractivity contribution in [2.24, 2.45) is 0 Å². The second-order valence-electron chi connectivity index (χ2n) is 6.01. The Hall–Kier alpha value is -2.94. The van der Waals surface area contributed by atoms with E-state index in [9.17, 15) is 0 Å². The molecule has 24 heavy (non-hydrogen) atoms. The van der Waals surface area contributed by atoms with Gasteiger partial charge in [-0.2, -0.15) is 0 Å². The third-order valence-corrected chi connectivity index (χ3v) is 4.72. The fourth-order valence-corrected chi connectivity index (χ4v) is 3.42. The summed E-state index contributed by atoms with van der Waals surface area (Å²) < 4.78 is 5.52. The van der Waals surface area contributed by atoms with Crippen molar-refractivity contribution < 1.29 is 4.74 Å². The van der Waals surface area contributed by atoms with Crippen LogP contribution in [-0.2, 0) is 0 Å². The number of rotatable bonds is 2. The van der Waals surface area contributed by atoms with Crippen LogP contribution in [0.25, 0.3) is 11.1 Å². The zero-order valence-corrected chi connectivity index (χ0v) is 14.2. The molecule has 3 aromatic rings. The van der Waals surface area contributed by atoms with Gasteiger partial charge >= 0.3 is 0 Å². The summed E-state index contributed by atoms with van der Waals surface area (Å²) in [5.41, 5.74) is 7.10. The van der Waals surface area contributed by atoms with Crippen molar-refractivity contribution in [2.45, 2.75) is 0 Å². The minimum atomic E-state index is 0.893. The fraction of sp³-hybridized carbons (Fsp3) is 0.143. The molecule has 0 atom stereocenters. The Morgan fingerprint density at radius 3 is 1.96 bits per heavy atom. The second kappa shape index (κ2) is 5.60. The number of fused-ring (bicyclic) bond motifs is 2. The highest BCUT2D eigenvalue weighted by Crippen LogP contribution is 2.47. The predicted molar refractivity (Wildman–Crippen MR) is 101 cm³/mol. The van der Waals surface area contributed by atoms with Crippen LogP contribution in [0.15, 0.2) is 66.7 Å². The molecule has 3 nitrogen and oxygen atoms in total. The lowest BCUT2D eigenvalue weighted by molar-refractivity contribution is 0.416. The number of benzene rings is 3. The van der Waals surface area contributed by atoms with E-state index in [1.165, 1.54) is 22.7 Å². The van der Waals surface area contributed by atoms with Gasteiger partial charge in [-0.1, -0.05) is 36.4 Å². The van der Waals surface area contributed by atoms with Gasteiger partial charge in [0.25, 0.3) is 0 Å². The summed E-state index contributed by atoms with van der Waals surface area (Å²) >= 11 is 0. The molecule has 1 heterocycles. The van der Waals surface area contributed by atoms with Gasteiger partial charge in [-0.05, 0) is 35.9 Å². The van der Waals surface area contributed by atoms with Crippen LogP contribution in [0.5, 0.6) is 5.75 Å². The maximum atomic E-state index is 5.52. The predicted octanol–water partition coefficient (Wildman–Crippen LogP) is 5.21. The Balaban J connectivity index is 1.87. The summed E-state index contributed by atoms with van der Waals surface area (Å²) in [6, 6.07) is 23.2. The smallest absolute Gasteiger partial charge is 0.126 e. The normalized spacial score (nSPS) is 12.6. The van der Waals surface area contributed by atoms with Crippen molar-refractivity contribution in [3.05, 3.63) is 66.7 Å². The molecule has 0 radical (unpaired) electrons. The Morgan fingerprint density at radius 2 is 1.25 bits per heavy atom. The van der Waals surface area contributed by atoms with E-state index in [0.29, 0.717) is 0 Å². The van der Waals surface area contributed by atoms with Crippen molar-refractivity contribution in [1.29, 1.82) is 0 Å². The van der Waals surface area contributed by atoms with Gasteiger partial charge < -0.3 is 14.5 Å². The van der Waals surface area contributed by atoms with Gasteiger partial charge in [0, 0.05) is 19.7 Å². The largest absolute Gasteiger partial charge is 0.496 e. The van der Waals surface area contributed by atoms with E-state index in [1.54, 1.807) is 7.11 Å². The van der Waals surface area contributed by atoms with Crippen molar-refractivity contribution >= 4 is 22.7 Å². The Bertz CT molecular complexity index is 904. The quantitative estimate of drug-likeness (QED) is 0.645. The van der Waals surface area contributed by atoms with E-state index in [4.69, 9.17) is 4.74 Å². The number of anilines is 4. The van der Waals surface area contributed by atoms with Crippen LogP contribution < -0.4 is 14.5 Å². The highest BCUT2D eigenvalue weighted by Gasteiger charge is 2.24. The highest BCUT2D eigenvalue weighted by molar-refractivity contribution is 5.94. The molecule has 0 N–H and O–H groups in total. The van der Waals surface area contributed by atoms with Gasteiger partial charge in [0.2, 0.25) is 0 Å². The SMILES string of the molecule is COc1ccccc1-c1ccc2c(c1)N(C)c1ccccc1N2C. The summed E-state index contributed by atoms with van der Waals surface area (Å²) in [6.45, 7) is 0. The average Bonchev–Trinajstić information content (AvgIpc) is 2.65. The summed E-state index contributed by atoms with van der Waals surface area (Å²) in [6.07, 6.45) is 0. The zero-order chi connectivity index (χ0) is 16.7. The van der Waals surface area contributed by atoms with E-state index in [-0.39, 0.29) is 0 Å². The number of ether oxygens (including phenoxy) is 1. The van der Waals surface area contributed by atoms with Crippen LogP contribution in [0.3, 0.4) is 0 Å². The number of para-hydroxylation sites is 3. The first-order chi connectivity index (χ1) is 11.7. The minimum Gasteiger partial charge on any atom is -0.496 e. The number of nitrogens with zero attached hydrogens (tertiary/aromatic N) is 2. The van der Waals surface area contributed by atoms with Gasteiger partial charge in [-0.15, -0.1) is 0 Å². The van der Waals surface area contributed by atoms with E-state index < -0.39 is 0 Å². The molecule has 0 aliphatic carbocycles. The Labute approximate surface area is 142 Å². The van der Waals surface area contributed by atoms with Crippen LogP contribution in [0, 0.1) is 0 Å². The average molecular weight is 316 g/mol. The van der Waals surface area contributed by atoms with Crippen LogP contribution in [-0.4, -0.2) is 21.2 Å². The van der Waals surface area contributed by atoms with Crippen LogP contribution in [0.1, 0.15) is 0 Å². The zero-order valence-electron chi connectivity index (χ0n) is 14.2. The van der Waals surface area contributed by atoms with Crippen molar-refractivity contribution in [3.8, 4) is 16.9 Å². The summed E-state index contributed by atoms with van der Waals surface area (Å²) in [4.78, 5) is 4.50. The van der Waals surface area contributed by atoms with Crippen molar-refractivity contribution in [2.75, 3.05) is 31.0 Å². The third kappa shape index (κ3) is 2.13. The van der Waals surface area contributed by atoms with Crippen LogP contribution in [0.2, 0.25) is 0 Å². The highest BCUT2D eigenvalue weighted by atomic mass is 16.5. The standard InChI is InChI=1S/C21H20N2O/c1-22-17-9-5-6-10-18(17)23(2)20-14-15(12-13-19(20)22)16-8-4-7-11-21(16)24-3/h4-14H,1-3H3. The maximum absolute atomic E-state index is 5.52. The van der Waals surface area contributed by atoms with E-state index in [1.807, 2.05) is 18.2 Å². The van der Waals surface area contributed by atoms with Gasteiger partial charge in [-0.25, -0.2) is 0 Å². The van der Waals surface area contributed by atoms with Gasteiger partial charge in [0.05, 0.1) is 29.9 Å². The molecule has 0 unspecified atom stereocenters. The molecule has 1 aliphatic rings. The lowest BCUT2D eigenvalue weighted by Crippen LogP contribution is -2.24. The molecule has 0 saturated heterocycles. The van der Waals surface area contributed by atoms with Gasteiger partial charge in [0.15, 0.2) is 0 Å². The second-order valence-corrected chi connectivity index (χ2v) is 6.01. The molecular formula is C21H20N2O. The monoisotopic (exact) mass is 316 g/mol. The van der Waals surface area contributed by atoms with Gasteiger partial charge in [0.1, 0.15) is 5.75 Å².